The van der Waals surface area contributed by atoms with E-state index in [-0.39, 0.29) is 0 Å². The molecule has 0 spiro atoms. The number of benzene rings is 1. The summed E-state index contributed by atoms with van der Waals surface area (Å²) in [6, 6.07) is 10.0. The zero-order valence-electron chi connectivity index (χ0n) is 8.79. The number of nitrogens with two attached hydrogens (primary N) is 1. The van der Waals surface area contributed by atoms with Gasteiger partial charge in [-0.1, -0.05) is 0 Å². The van der Waals surface area contributed by atoms with Crippen molar-refractivity contribution in [1.82, 2.24) is 4.57 Å². The average molecular weight is 265 g/mol. The molecule has 0 fully saturated rings. The van der Waals surface area contributed by atoms with Gasteiger partial charge in [-0.05, 0) is 60.1 Å². The minimum Gasteiger partial charge on any atom is -0.399 e. The fraction of sp³-hybridized carbons (Fsp3) is 0.167. The molecule has 2 rings (SSSR count). The molecule has 1 heterocycles. The average Bonchev–Trinajstić information content (AvgIpc) is 2.51. The number of rotatable bonds is 1. The Bertz CT molecular complexity index is 481. The van der Waals surface area contributed by atoms with Crippen LogP contribution in [0.3, 0.4) is 0 Å². The molecular formula is C12H13BrN2. The van der Waals surface area contributed by atoms with Crippen LogP contribution in [0.4, 0.5) is 5.69 Å². The highest BCUT2D eigenvalue weighted by atomic mass is 79.9. The lowest BCUT2D eigenvalue weighted by Gasteiger charge is -2.12. The predicted molar refractivity (Wildman–Crippen MR) is 67.4 cm³/mol. The molecule has 3 heteroatoms. The second-order valence-corrected chi connectivity index (χ2v) is 4.52. The molecule has 2 aromatic rings. The first-order valence-electron chi connectivity index (χ1n) is 4.80. The molecule has 0 unspecified atom stereocenters. The lowest BCUT2D eigenvalue weighted by Crippen LogP contribution is -2.00. The van der Waals surface area contributed by atoms with E-state index in [1.54, 1.807) is 0 Å². The minimum atomic E-state index is 0.778. The van der Waals surface area contributed by atoms with Crippen LogP contribution in [-0.4, -0.2) is 4.57 Å². The van der Waals surface area contributed by atoms with Crippen molar-refractivity contribution in [1.29, 1.82) is 0 Å². The van der Waals surface area contributed by atoms with E-state index in [2.05, 4.69) is 46.5 Å². The number of hydrogen-bond acceptors (Lipinski definition) is 1. The van der Waals surface area contributed by atoms with E-state index < -0.39 is 0 Å². The molecule has 78 valence electrons. The highest BCUT2D eigenvalue weighted by Gasteiger charge is 2.07. The fourth-order valence-electron chi connectivity index (χ4n) is 1.75. The molecular weight excluding hydrogens is 252 g/mol. The van der Waals surface area contributed by atoms with Crippen molar-refractivity contribution >= 4 is 21.6 Å². The van der Waals surface area contributed by atoms with Crippen molar-refractivity contribution in [3.8, 4) is 5.69 Å². The number of hydrogen-bond donors (Lipinski definition) is 1. The number of aryl methyl sites for hydroxylation is 2. The van der Waals surface area contributed by atoms with Gasteiger partial charge in [-0.15, -0.1) is 0 Å². The number of nitrogens with zero attached hydrogens (tertiary/aromatic N) is 1. The molecule has 0 aliphatic carbocycles. The van der Waals surface area contributed by atoms with E-state index in [0.717, 1.165) is 15.8 Å². The van der Waals surface area contributed by atoms with Crippen LogP contribution in [0.5, 0.6) is 0 Å². The maximum atomic E-state index is 5.80. The Labute approximate surface area is 97.8 Å². The van der Waals surface area contributed by atoms with Crippen molar-refractivity contribution in [3.63, 3.8) is 0 Å². The Morgan fingerprint density at radius 2 is 1.67 bits per heavy atom. The van der Waals surface area contributed by atoms with Gasteiger partial charge in [0.1, 0.15) is 0 Å². The van der Waals surface area contributed by atoms with Crippen LogP contribution in [0.15, 0.2) is 34.8 Å². The zero-order chi connectivity index (χ0) is 11.0. The van der Waals surface area contributed by atoms with Gasteiger partial charge in [-0.25, -0.2) is 0 Å². The molecule has 1 aromatic carbocycles. The zero-order valence-corrected chi connectivity index (χ0v) is 10.4. The lowest BCUT2D eigenvalue weighted by atomic mass is 10.2. The summed E-state index contributed by atoms with van der Waals surface area (Å²) >= 11 is 3.54. The molecule has 2 N–H and O–H groups in total. The summed E-state index contributed by atoms with van der Waals surface area (Å²) in [7, 11) is 0. The van der Waals surface area contributed by atoms with E-state index in [1.807, 2.05) is 18.2 Å². The van der Waals surface area contributed by atoms with Crippen LogP contribution in [0, 0.1) is 13.8 Å². The summed E-state index contributed by atoms with van der Waals surface area (Å²) in [5, 5.41) is 0. The van der Waals surface area contributed by atoms with E-state index >= 15 is 0 Å². The van der Waals surface area contributed by atoms with Gasteiger partial charge in [-0.3, -0.25) is 0 Å². The SMILES string of the molecule is Cc1ccc(C)n1-c1cc(N)ccc1Br. The topological polar surface area (TPSA) is 30.9 Å². The number of aromatic nitrogens is 1. The summed E-state index contributed by atoms with van der Waals surface area (Å²) in [5.74, 6) is 0. The Morgan fingerprint density at radius 1 is 1.07 bits per heavy atom. The van der Waals surface area contributed by atoms with Gasteiger partial charge in [-0.2, -0.15) is 0 Å². The van der Waals surface area contributed by atoms with Crippen LogP contribution >= 0.6 is 15.9 Å². The van der Waals surface area contributed by atoms with Crippen molar-refractivity contribution in [3.05, 3.63) is 46.2 Å². The summed E-state index contributed by atoms with van der Waals surface area (Å²) in [4.78, 5) is 0. The first-order valence-corrected chi connectivity index (χ1v) is 5.59. The fourth-order valence-corrected chi connectivity index (χ4v) is 2.17. The summed E-state index contributed by atoms with van der Waals surface area (Å²) in [5.41, 5.74) is 10.1. The standard InChI is InChI=1S/C12H13BrN2/c1-8-3-4-9(2)15(8)12-7-10(14)5-6-11(12)13/h3-7H,14H2,1-2H3. The van der Waals surface area contributed by atoms with E-state index in [9.17, 15) is 0 Å². The first kappa shape index (κ1) is 10.3. The molecule has 2 nitrogen and oxygen atoms in total. The minimum absolute atomic E-state index is 0.778. The van der Waals surface area contributed by atoms with Crippen LogP contribution < -0.4 is 5.73 Å². The molecule has 0 radical (unpaired) electrons. The second-order valence-electron chi connectivity index (χ2n) is 3.66. The van der Waals surface area contributed by atoms with Crippen molar-refractivity contribution in [2.75, 3.05) is 5.73 Å². The highest BCUT2D eigenvalue weighted by Crippen LogP contribution is 2.26. The van der Waals surface area contributed by atoms with Gasteiger partial charge in [0.2, 0.25) is 0 Å². The summed E-state index contributed by atoms with van der Waals surface area (Å²) in [6.45, 7) is 4.17. The summed E-state index contributed by atoms with van der Waals surface area (Å²) in [6.07, 6.45) is 0. The maximum Gasteiger partial charge on any atom is 0.0617 e. The second kappa shape index (κ2) is 3.74. The van der Waals surface area contributed by atoms with Gasteiger partial charge in [0, 0.05) is 21.5 Å². The third-order valence-corrected chi connectivity index (χ3v) is 3.15. The highest BCUT2D eigenvalue weighted by molar-refractivity contribution is 9.10. The van der Waals surface area contributed by atoms with E-state index in [0.29, 0.717) is 0 Å². The van der Waals surface area contributed by atoms with Gasteiger partial charge in [0.25, 0.3) is 0 Å². The van der Waals surface area contributed by atoms with Crippen molar-refractivity contribution < 1.29 is 0 Å². The van der Waals surface area contributed by atoms with Crippen LogP contribution in [-0.2, 0) is 0 Å². The molecule has 0 amide bonds. The summed E-state index contributed by atoms with van der Waals surface area (Å²) < 4.78 is 3.24. The van der Waals surface area contributed by atoms with Gasteiger partial charge >= 0.3 is 0 Å². The number of halogens is 1. The van der Waals surface area contributed by atoms with Crippen LogP contribution in [0.2, 0.25) is 0 Å². The third-order valence-electron chi connectivity index (χ3n) is 2.48. The molecule has 0 atom stereocenters. The Morgan fingerprint density at radius 3 is 2.27 bits per heavy atom. The van der Waals surface area contributed by atoms with Gasteiger partial charge in [0.05, 0.1) is 5.69 Å². The lowest BCUT2D eigenvalue weighted by molar-refractivity contribution is 0.961. The molecule has 0 saturated heterocycles. The quantitative estimate of drug-likeness (QED) is 0.787. The van der Waals surface area contributed by atoms with E-state index in [1.165, 1.54) is 11.4 Å². The largest absolute Gasteiger partial charge is 0.399 e. The smallest absolute Gasteiger partial charge is 0.0617 e. The Kier molecular flexibility index (Phi) is 2.57. The predicted octanol–water partition coefficient (Wildman–Crippen LogP) is 3.44. The molecule has 0 aliphatic rings. The van der Waals surface area contributed by atoms with Crippen molar-refractivity contribution in [2.24, 2.45) is 0 Å². The molecule has 1 aromatic heterocycles. The van der Waals surface area contributed by atoms with Crippen molar-refractivity contribution in [2.45, 2.75) is 13.8 Å². The molecule has 0 bridgehead atoms. The normalized spacial score (nSPS) is 10.6. The molecule has 0 aliphatic heterocycles. The van der Waals surface area contributed by atoms with Gasteiger partial charge in [0.15, 0.2) is 0 Å². The monoisotopic (exact) mass is 264 g/mol. The Hall–Kier alpha value is -1.22. The third kappa shape index (κ3) is 1.79. The maximum absolute atomic E-state index is 5.80. The van der Waals surface area contributed by atoms with Crippen LogP contribution in [0.1, 0.15) is 11.4 Å². The number of anilines is 1. The van der Waals surface area contributed by atoms with Crippen LogP contribution in [0.25, 0.3) is 5.69 Å². The number of nitrogen functional groups attached to an aromatic ring is 1. The van der Waals surface area contributed by atoms with Gasteiger partial charge < -0.3 is 10.3 Å². The molecule has 15 heavy (non-hydrogen) atoms. The first-order chi connectivity index (χ1) is 7.09. The van der Waals surface area contributed by atoms with E-state index in [4.69, 9.17) is 5.73 Å². The molecule has 0 saturated carbocycles. The Balaban J connectivity index is 2.68.